The van der Waals surface area contributed by atoms with E-state index in [0.29, 0.717) is 12.8 Å². The first-order valence-corrected chi connectivity index (χ1v) is 7.28. The second kappa shape index (κ2) is 4.55. The summed E-state index contributed by atoms with van der Waals surface area (Å²) in [6, 6.07) is 0. The highest BCUT2D eigenvalue weighted by Gasteiger charge is 2.73. The maximum atomic E-state index is 11.8. The van der Waals surface area contributed by atoms with Crippen molar-refractivity contribution in [2.45, 2.75) is 55.3 Å². The number of hydrogen-bond acceptors (Lipinski definition) is 6. The Balaban J connectivity index is 1.68. The molecular weight excluding hydrogens is 276 g/mol. The Morgan fingerprint density at radius 1 is 1.33 bits per heavy atom. The Bertz CT molecular complexity index is 498. The van der Waals surface area contributed by atoms with E-state index >= 15 is 0 Å². The van der Waals surface area contributed by atoms with Crippen molar-refractivity contribution in [2.24, 2.45) is 5.92 Å². The first kappa shape index (κ1) is 14.5. The molecule has 0 saturated heterocycles. The molecule has 3 aliphatic rings. The standard InChI is InChI=1S/C15H20O6/c1-2-11(16)20-7-12(17)21-13-6-10-4-3-5-14(18,8-13)15(10,19)9-13/h2,10,18-19H,1,3-9H2. The average Bonchev–Trinajstić information content (AvgIpc) is 2.80. The molecule has 4 unspecified atom stereocenters. The molecule has 0 heterocycles. The van der Waals surface area contributed by atoms with Crippen LogP contribution in [0.25, 0.3) is 0 Å². The van der Waals surface area contributed by atoms with E-state index in [-0.39, 0.29) is 18.8 Å². The molecule has 0 amide bonds. The molecule has 3 rings (SSSR count). The normalized spacial score (nSPS) is 43.4. The zero-order valence-corrected chi connectivity index (χ0v) is 11.8. The second-order valence-electron chi connectivity index (χ2n) is 6.57. The van der Waals surface area contributed by atoms with Crippen LogP contribution in [-0.2, 0) is 19.1 Å². The molecule has 3 fully saturated rings. The summed E-state index contributed by atoms with van der Waals surface area (Å²) in [6.45, 7) is 2.76. The SMILES string of the molecule is C=CC(=O)OCC(=O)OC12CC3CCCC(O)(C1)C3(O)C2. The number of esters is 2. The molecule has 0 aromatic heterocycles. The molecule has 6 nitrogen and oxygen atoms in total. The molecule has 2 bridgehead atoms. The lowest BCUT2D eigenvalue weighted by molar-refractivity contribution is -0.198. The van der Waals surface area contributed by atoms with E-state index in [2.05, 4.69) is 11.3 Å². The lowest BCUT2D eigenvalue weighted by Crippen LogP contribution is -2.58. The fourth-order valence-electron chi connectivity index (χ4n) is 4.55. The van der Waals surface area contributed by atoms with Crippen LogP contribution in [0.3, 0.4) is 0 Å². The molecule has 6 heteroatoms. The minimum Gasteiger partial charge on any atom is -0.456 e. The summed E-state index contributed by atoms with van der Waals surface area (Å²) in [5, 5.41) is 21.4. The Hall–Kier alpha value is -1.40. The van der Waals surface area contributed by atoms with Crippen molar-refractivity contribution in [1.82, 2.24) is 0 Å². The van der Waals surface area contributed by atoms with Crippen LogP contribution in [0.4, 0.5) is 0 Å². The van der Waals surface area contributed by atoms with Gasteiger partial charge in [-0.3, -0.25) is 0 Å². The molecule has 21 heavy (non-hydrogen) atoms. The summed E-state index contributed by atoms with van der Waals surface area (Å²) in [5.74, 6) is -1.37. The van der Waals surface area contributed by atoms with Crippen molar-refractivity contribution < 1.29 is 29.3 Å². The maximum Gasteiger partial charge on any atom is 0.344 e. The first-order valence-electron chi connectivity index (χ1n) is 7.28. The third-order valence-electron chi connectivity index (χ3n) is 5.28. The number of aliphatic hydroxyl groups is 2. The highest BCUT2D eigenvalue weighted by molar-refractivity contribution is 5.83. The highest BCUT2D eigenvalue weighted by atomic mass is 16.6. The summed E-state index contributed by atoms with van der Waals surface area (Å²) < 4.78 is 10.1. The minimum atomic E-state index is -1.16. The largest absolute Gasteiger partial charge is 0.456 e. The van der Waals surface area contributed by atoms with E-state index < -0.39 is 35.3 Å². The highest BCUT2D eigenvalue weighted by Crippen LogP contribution is 2.65. The molecule has 116 valence electrons. The third kappa shape index (κ3) is 2.08. The van der Waals surface area contributed by atoms with Crippen LogP contribution in [0.15, 0.2) is 12.7 Å². The Labute approximate surface area is 122 Å². The summed E-state index contributed by atoms with van der Waals surface area (Å²) in [5.41, 5.74) is -3.14. The fraction of sp³-hybridized carbons (Fsp3) is 0.733. The number of rotatable bonds is 4. The van der Waals surface area contributed by atoms with E-state index in [9.17, 15) is 19.8 Å². The number of ether oxygens (including phenoxy) is 2. The van der Waals surface area contributed by atoms with Gasteiger partial charge in [0.25, 0.3) is 0 Å². The van der Waals surface area contributed by atoms with Gasteiger partial charge in [0.2, 0.25) is 0 Å². The number of carbonyl (C=O) groups is 2. The summed E-state index contributed by atoms with van der Waals surface area (Å²) >= 11 is 0. The van der Waals surface area contributed by atoms with Crippen molar-refractivity contribution in [3.05, 3.63) is 12.7 Å². The van der Waals surface area contributed by atoms with Gasteiger partial charge in [0, 0.05) is 18.9 Å². The van der Waals surface area contributed by atoms with Gasteiger partial charge in [0.1, 0.15) is 11.2 Å². The Morgan fingerprint density at radius 2 is 2.10 bits per heavy atom. The van der Waals surface area contributed by atoms with Gasteiger partial charge < -0.3 is 19.7 Å². The van der Waals surface area contributed by atoms with Gasteiger partial charge in [-0.25, -0.2) is 9.59 Å². The predicted octanol–water partition coefficient (Wildman–Crippen LogP) is 0.457. The van der Waals surface area contributed by atoms with Crippen LogP contribution in [0, 0.1) is 5.92 Å². The molecule has 3 saturated carbocycles. The maximum absolute atomic E-state index is 11.8. The quantitative estimate of drug-likeness (QED) is 0.578. The van der Waals surface area contributed by atoms with Crippen LogP contribution in [0.5, 0.6) is 0 Å². The molecule has 2 N–H and O–H groups in total. The number of hydrogen-bond donors (Lipinski definition) is 2. The van der Waals surface area contributed by atoms with Crippen molar-refractivity contribution in [3.8, 4) is 0 Å². The molecule has 0 aliphatic heterocycles. The van der Waals surface area contributed by atoms with Gasteiger partial charge in [0.05, 0.1) is 5.60 Å². The van der Waals surface area contributed by atoms with Crippen LogP contribution >= 0.6 is 0 Å². The molecular formula is C15H20O6. The van der Waals surface area contributed by atoms with Gasteiger partial charge >= 0.3 is 11.9 Å². The van der Waals surface area contributed by atoms with Gasteiger partial charge in [-0.15, -0.1) is 0 Å². The Morgan fingerprint density at radius 3 is 2.71 bits per heavy atom. The van der Waals surface area contributed by atoms with Gasteiger partial charge in [-0.05, 0) is 25.2 Å². The van der Waals surface area contributed by atoms with Crippen molar-refractivity contribution in [1.29, 1.82) is 0 Å². The van der Waals surface area contributed by atoms with Gasteiger partial charge in [-0.1, -0.05) is 13.0 Å². The minimum absolute atomic E-state index is 0.0338. The zero-order valence-electron chi connectivity index (χ0n) is 11.8. The number of carbonyl (C=O) groups excluding carboxylic acids is 2. The topological polar surface area (TPSA) is 93.1 Å². The van der Waals surface area contributed by atoms with E-state index in [1.165, 1.54) is 0 Å². The van der Waals surface area contributed by atoms with E-state index in [4.69, 9.17) is 4.74 Å². The third-order valence-corrected chi connectivity index (χ3v) is 5.28. The lowest BCUT2D eigenvalue weighted by atomic mass is 9.65. The molecule has 4 atom stereocenters. The van der Waals surface area contributed by atoms with Crippen molar-refractivity contribution >= 4 is 11.9 Å². The lowest BCUT2D eigenvalue weighted by Gasteiger charge is -2.48. The molecule has 0 aromatic rings. The fourth-order valence-corrected chi connectivity index (χ4v) is 4.55. The van der Waals surface area contributed by atoms with Crippen LogP contribution < -0.4 is 0 Å². The van der Waals surface area contributed by atoms with E-state index in [1.807, 2.05) is 0 Å². The van der Waals surface area contributed by atoms with E-state index in [1.54, 1.807) is 0 Å². The zero-order chi connectivity index (χ0) is 15.3. The van der Waals surface area contributed by atoms with Gasteiger partial charge in [-0.2, -0.15) is 0 Å². The molecule has 0 spiro atoms. The summed E-state index contributed by atoms with van der Waals surface area (Å²) in [7, 11) is 0. The monoisotopic (exact) mass is 296 g/mol. The summed E-state index contributed by atoms with van der Waals surface area (Å²) in [4.78, 5) is 22.8. The van der Waals surface area contributed by atoms with Crippen molar-refractivity contribution in [3.63, 3.8) is 0 Å². The average molecular weight is 296 g/mol. The molecule has 0 radical (unpaired) electrons. The summed E-state index contributed by atoms with van der Waals surface area (Å²) in [6.07, 6.45) is 4.31. The second-order valence-corrected chi connectivity index (χ2v) is 6.57. The van der Waals surface area contributed by atoms with Gasteiger partial charge in [0.15, 0.2) is 6.61 Å². The smallest absolute Gasteiger partial charge is 0.344 e. The molecule has 3 aliphatic carbocycles. The van der Waals surface area contributed by atoms with Crippen LogP contribution in [0.2, 0.25) is 0 Å². The Kier molecular flexibility index (Phi) is 3.15. The van der Waals surface area contributed by atoms with Crippen LogP contribution in [0.1, 0.15) is 38.5 Å². The predicted molar refractivity (Wildman–Crippen MR) is 71.1 cm³/mol. The number of fused-ring (bicyclic) bond motifs is 1. The van der Waals surface area contributed by atoms with E-state index in [0.717, 1.165) is 18.9 Å². The molecule has 0 aromatic carbocycles. The first-order chi connectivity index (χ1) is 9.82. The van der Waals surface area contributed by atoms with Crippen LogP contribution in [-0.4, -0.2) is 45.6 Å². The van der Waals surface area contributed by atoms with Crippen molar-refractivity contribution in [2.75, 3.05) is 6.61 Å².